The summed E-state index contributed by atoms with van der Waals surface area (Å²) in [5, 5.41) is 0.570. The zero-order chi connectivity index (χ0) is 13.8. The second-order valence-electron chi connectivity index (χ2n) is 3.98. The zero-order valence-electron chi connectivity index (χ0n) is 10.00. The first kappa shape index (κ1) is 14.9. The summed E-state index contributed by atoms with van der Waals surface area (Å²) in [6.45, 7) is 0.629. The van der Waals surface area contributed by atoms with E-state index < -0.39 is 0 Å². The van der Waals surface area contributed by atoms with Gasteiger partial charge in [0.1, 0.15) is 11.5 Å². The lowest BCUT2D eigenvalue weighted by atomic mass is 10.1. The molecular formula is C14H12Br2ClNO. The molecule has 0 saturated carbocycles. The predicted molar refractivity (Wildman–Crippen MR) is 86.1 cm³/mol. The Balaban J connectivity index is 2.25. The highest BCUT2D eigenvalue weighted by Gasteiger charge is 2.07. The average molecular weight is 406 g/mol. The molecule has 0 aliphatic carbocycles. The Labute approximate surface area is 134 Å². The smallest absolute Gasteiger partial charge is 0.147 e. The molecule has 5 heteroatoms. The fourth-order valence-electron chi connectivity index (χ4n) is 1.62. The molecule has 100 valence electrons. The van der Waals surface area contributed by atoms with Gasteiger partial charge >= 0.3 is 0 Å². The lowest BCUT2D eigenvalue weighted by Gasteiger charge is -2.11. The van der Waals surface area contributed by atoms with Gasteiger partial charge < -0.3 is 10.5 Å². The van der Waals surface area contributed by atoms with Crippen LogP contribution in [0.4, 0.5) is 0 Å². The largest absolute Gasteiger partial charge is 0.455 e. The highest BCUT2D eigenvalue weighted by molar-refractivity contribution is 9.10. The van der Waals surface area contributed by atoms with E-state index in [1.165, 1.54) is 5.56 Å². The van der Waals surface area contributed by atoms with Crippen molar-refractivity contribution in [3.05, 3.63) is 55.9 Å². The van der Waals surface area contributed by atoms with Crippen molar-refractivity contribution in [1.82, 2.24) is 0 Å². The summed E-state index contributed by atoms with van der Waals surface area (Å²) in [6.07, 6.45) is 0.844. The third-order valence-electron chi connectivity index (χ3n) is 2.54. The number of ether oxygens (including phenoxy) is 1. The molecule has 2 nitrogen and oxygen atoms in total. The van der Waals surface area contributed by atoms with Crippen LogP contribution >= 0.6 is 43.5 Å². The number of hydrogen-bond acceptors (Lipinski definition) is 2. The summed E-state index contributed by atoms with van der Waals surface area (Å²) in [7, 11) is 0. The topological polar surface area (TPSA) is 35.2 Å². The average Bonchev–Trinajstić information content (AvgIpc) is 2.37. The van der Waals surface area contributed by atoms with Crippen LogP contribution in [0.3, 0.4) is 0 Å². The fourth-order valence-corrected chi connectivity index (χ4v) is 2.63. The first-order chi connectivity index (χ1) is 9.10. The van der Waals surface area contributed by atoms with E-state index in [-0.39, 0.29) is 0 Å². The third-order valence-corrected chi connectivity index (χ3v) is 3.97. The molecule has 0 unspecified atom stereocenters. The van der Waals surface area contributed by atoms with Crippen molar-refractivity contribution < 1.29 is 4.74 Å². The standard InChI is InChI=1S/C14H12Br2ClNO/c15-10-2-3-12(17)14(8-10)19-13-4-1-9(5-6-18)7-11(13)16/h1-4,7-8H,5-6,18H2. The minimum Gasteiger partial charge on any atom is -0.455 e. The van der Waals surface area contributed by atoms with Crippen LogP contribution in [0, 0.1) is 0 Å². The zero-order valence-corrected chi connectivity index (χ0v) is 13.9. The number of hydrogen-bond donors (Lipinski definition) is 1. The predicted octanol–water partition coefficient (Wildman–Crippen LogP) is 5.16. The number of halogens is 3. The molecule has 0 heterocycles. The maximum atomic E-state index is 6.10. The van der Waals surface area contributed by atoms with E-state index in [0.29, 0.717) is 17.3 Å². The summed E-state index contributed by atoms with van der Waals surface area (Å²) in [6, 6.07) is 11.4. The van der Waals surface area contributed by atoms with E-state index in [9.17, 15) is 0 Å². The molecular weight excluding hydrogens is 393 g/mol. The molecule has 19 heavy (non-hydrogen) atoms. The van der Waals surface area contributed by atoms with Crippen LogP contribution < -0.4 is 10.5 Å². The van der Waals surface area contributed by atoms with Crippen LogP contribution in [0.5, 0.6) is 11.5 Å². The molecule has 0 amide bonds. The van der Waals surface area contributed by atoms with E-state index in [4.69, 9.17) is 22.1 Å². The second kappa shape index (κ2) is 6.75. The number of benzene rings is 2. The Kier molecular flexibility index (Phi) is 5.28. The summed E-state index contributed by atoms with van der Waals surface area (Å²) in [4.78, 5) is 0. The monoisotopic (exact) mass is 403 g/mol. The van der Waals surface area contributed by atoms with Crippen LogP contribution in [0.15, 0.2) is 45.3 Å². The lowest BCUT2D eigenvalue weighted by Crippen LogP contribution is -2.02. The van der Waals surface area contributed by atoms with Crippen molar-refractivity contribution in [2.45, 2.75) is 6.42 Å². The Morgan fingerprint density at radius 1 is 1.05 bits per heavy atom. The SMILES string of the molecule is NCCc1ccc(Oc2cc(Br)ccc2Cl)c(Br)c1. The van der Waals surface area contributed by atoms with Gasteiger partial charge in [-0.2, -0.15) is 0 Å². The molecule has 0 spiro atoms. The normalized spacial score (nSPS) is 10.5. The Morgan fingerprint density at radius 3 is 2.53 bits per heavy atom. The summed E-state index contributed by atoms with van der Waals surface area (Å²) < 4.78 is 7.62. The molecule has 2 aromatic carbocycles. The van der Waals surface area contributed by atoms with Crippen LogP contribution in [-0.4, -0.2) is 6.54 Å². The van der Waals surface area contributed by atoms with Gasteiger partial charge in [-0.25, -0.2) is 0 Å². The quantitative estimate of drug-likeness (QED) is 0.763. The minimum absolute atomic E-state index is 0.570. The number of rotatable bonds is 4. The molecule has 0 fully saturated rings. The maximum absolute atomic E-state index is 6.10. The van der Waals surface area contributed by atoms with Gasteiger partial charge in [0.15, 0.2) is 0 Å². The Hall–Kier alpha value is -0.550. The third kappa shape index (κ3) is 3.96. The molecule has 2 N–H and O–H groups in total. The molecule has 2 rings (SSSR count). The molecule has 0 aliphatic rings. The van der Waals surface area contributed by atoms with Gasteiger partial charge in [0, 0.05) is 4.47 Å². The van der Waals surface area contributed by atoms with Crippen molar-refractivity contribution >= 4 is 43.5 Å². The van der Waals surface area contributed by atoms with Gasteiger partial charge in [-0.05, 0) is 64.8 Å². The molecule has 0 saturated heterocycles. The first-order valence-corrected chi connectivity index (χ1v) is 7.68. The van der Waals surface area contributed by atoms with Crippen molar-refractivity contribution in [2.75, 3.05) is 6.54 Å². The summed E-state index contributed by atoms with van der Waals surface area (Å²) in [5.41, 5.74) is 6.71. The number of nitrogens with two attached hydrogens (primary N) is 1. The van der Waals surface area contributed by atoms with Crippen LogP contribution in [0.2, 0.25) is 5.02 Å². The van der Waals surface area contributed by atoms with Crippen molar-refractivity contribution in [1.29, 1.82) is 0 Å². The lowest BCUT2D eigenvalue weighted by molar-refractivity contribution is 0.479. The van der Waals surface area contributed by atoms with Gasteiger partial charge in [0.05, 0.1) is 9.50 Å². The molecule has 0 aromatic heterocycles. The van der Waals surface area contributed by atoms with Gasteiger partial charge in [-0.1, -0.05) is 33.6 Å². The highest BCUT2D eigenvalue weighted by Crippen LogP contribution is 2.35. The second-order valence-corrected chi connectivity index (χ2v) is 6.16. The summed E-state index contributed by atoms with van der Waals surface area (Å²) >= 11 is 13.0. The van der Waals surface area contributed by atoms with Crippen molar-refractivity contribution in [2.24, 2.45) is 5.73 Å². The highest BCUT2D eigenvalue weighted by atomic mass is 79.9. The van der Waals surface area contributed by atoms with Crippen LogP contribution in [-0.2, 0) is 6.42 Å². The first-order valence-electron chi connectivity index (χ1n) is 5.71. The van der Waals surface area contributed by atoms with Crippen LogP contribution in [0.1, 0.15) is 5.56 Å². The van der Waals surface area contributed by atoms with E-state index >= 15 is 0 Å². The van der Waals surface area contributed by atoms with Gasteiger partial charge in [-0.3, -0.25) is 0 Å². The molecule has 0 radical (unpaired) electrons. The van der Waals surface area contributed by atoms with Gasteiger partial charge in [-0.15, -0.1) is 0 Å². The molecule has 0 bridgehead atoms. The van der Waals surface area contributed by atoms with Crippen molar-refractivity contribution in [3.8, 4) is 11.5 Å². The summed E-state index contributed by atoms with van der Waals surface area (Å²) in [5.74, 6) is 1.34. The van der Waals surface area contributed by atoms with Gasteiger partial charge in [0.2, 0.25) is 0 Å². The minimum atomic E-state index is 0.570. The fraction of sp³-hybridized carbons (Fsp3) is 0.143. The Bertz CT molecular complexity index is 590. The maximum Gasteiger partial charge on any atom is 0.147 e. The molecule has 0 atom stereocenters. The molecule has 2 aromatic rings. The molecule has 0 aliphatic heterocycles. The van der Waals surface area contributed by atoms with E-state index in [1.54, 1.807) is 6.07 Å². The van der Waals surface area contributed by atoms with Gasteiger partial charge in [0.25, 0.3) is 0 Å². The van der Waals surface area contributed by atoms with Crippen molar-refractivity contribution in [3.63, 3.8) is 0 Å². The van der Waals surface area contributed by atoms with E-state index in [2.05, 4.69) is 31.9 Å². The Morgan fingerprint density at radius 2 is 1.84 bits per heavy atom. The van der Waals surface area contributed by atoms with E-state index in [0.717, 1.165) is 21.1 Å². The van der Waals surface area contributed by atoms with Crippen LogP contribution in [0.25, 0.3) is 0 Å². The van der Waals surface area contributed by atoms with E-state index in [1.807, 2.05) is 30.3 Å².